The van der Waals surface area contributed by atoms with Gasteiger partial charge in [-0.3, -0.25) is 10.2 Å². The third-order valence-corrected chi connectivity index (χ3v) is 4.43. The number of nitrogens with one attached hydrogen (secondary N) is 2. The van der Waals surface area contributed by atoms with Gasteiger partial charge in [-0.25, -0.2) is 12.8 Å². The fourth-order valence-electron chi connectivity index (χ4n) is 1.99. The first-order valence-electron chi connectivity index (χ1n) is 7.26. The third kappa shape index (κ3) is 4.46. The summed E-state index contributed by atoms with van der Waals surface area (Å²) in [6.45, 7) is 2.22. The zero-order valence-electron chi connectivity index (χ0n) is 13.6. The number of rotatable bonds is 7. The molecule has 0 atom stereocenters. The molecule has 0 heterocycles. The lowest BCUT2D eigenvalue weighted by molar-refractivity contribution is 0.0944. The summed E-state index contributed by atoms with van der Waals surface area (Å²) in [5.74, 6) is -0.881. The summed E-state index contributed by atoms with van der Waals surface area (Å²) in [6, 6.07) is 9.20. The van der Waals surface area contributed by atoms with Crippen LogP contribution in [-0.4, -0.2) is 28.0 Å². The molecule has 0 radical (unpaired) electrons. The molecule has 1 amide bonds. The van der Waals surface area contributed by atoms with E-state index in [1.54, 1.807) is 6.92 Å². The smallest absolute Gasteiger partial charge is 0.266 e. The van der Waals surface area contributed by atoms with Crippen molar-refractivity contribution in [3.63, 3.8) is 0 Å². The number of methoxy groups -OCH3 is 1. The Morgan fingerprint density at radius 2 is 1.88 bits per heavy atom. The average Bonchev–Trinajstić information content (AvgIpc) is 2.60. The van der Waals surface area contributed by atoms with Crippen LogP contribution in [0.3, 0.4) is 0 Å². The monoisotopic (exact) mass is 368 g/mol. The number of hydrogen-bond donors (Lipinski definition) is 2. The Morgan fingerprint density at radius 1 is 1.16 bits per heavy atom. The summed E-state index contributed by atoms with van der Waals surface area (Å²) in [4.78, 5) is 13.4. The summed E-state index contributed by atoms with van der Waals surface area (Å²) in [6.07, 6.45) is 0. The molecular weight excluding hydrogens is 351 g/mol. The maximum Gasteiger partial charge on any atom is 0.266 e. The van der Waals surface area contributed by atoms with Crippen LogP contribution in [0.15, 0.2) is 47.4 Å². The van der Waals surface area contributed by atoms with Crippen molar-refractivity contribution < 1.29 is 27.1 Å². The fraction of sp³-hybridized carbons (Fsp3) is 0.188. The number of benzene rings is 2. The number of sulfonamides is 1. The zero-order chi connectivity index (χ0) is 18.4. The van der Waals surface area contributed by atoms with Crippen molar-refractivity contribution in [2.24, 2.45) is 0 Å². The van der Waals surface area contributed by atoms with Gasteiger partial charge in [0, 0.05) is 5.56 Å². The highest BCUT2D eigenvalue weighted by Gasteiger charge is 2.20. The van der Waals surface area contributed by atoms with Crippen LogP contribution in [0.4, 0.5) is 4.39 Å². The molecule has 0 saturated carbocycles. The maximum absolute atomic E-state index is 13.6. The molecule has 2 aromatic rings. The van der Waals surface area contributed by atoms with Gasteiger partial charge < -0.3 is 9.47 Å². The van der Waals surface area contributed by atoms with Crippen molar-refractivity contribution in [3.8, 4) is 11.5 Å². The molecule has 2 rings (SSSR count). The lowest BCUT2D eigenvalue weighted by Crippen LogP contribution is -2.41. The van der Waals surface area contributed by atoms with Crippen LogP contribution in [0.1, 0.15) is 17.3 Å². The van der Waals surface area contributed by atoms with E-state index < -0.39 is 26.6 Å². The van der Waals surface area contributed by atoms with Gasteiger partial charge in [0.05, 0.1) is 13.7 Å². The van der Waals surface area contributed by atoms with E-state index in [9.17, 15) is 17.6 Å². The van der Waals surface area contributed by atoms with Crippen LogP contribution in [0.25, 0.3) is 0 Å². The number of amides is 1. The van der Waals surface area contributed by atoms with Gasteiger partial charge in [0.25, 0.3) is 15.9 Å². The minimum atomic E-state index is -4.24. The fourth-order valence-corrected chi connectivity index (χ4v) is 2.91. The second-order valence-electron chi connectivity index (χ2n) is 4.79. The van der Waals surface area contributed by atoms with Crippen LogP contribution >= 0.6 is 0 Å². The molecule has 0 saturated heterocycles. The number of ether oxygens (including phenoxy) is 2. The minimum Gasteiger partial charge on any atom is -0.493 e. The predicted octanol–water partition coefficient (Wildman–Crippen LogP) is 1.86. The second kappa shape index (κ2) is 7.95. The summed E-state index contributed by atoms with van der Waals surface area (Å²) in [7, 11) is -2.82. The SMILES string of the molecule is CCOc1ccc(C(=O)NNS(=O)(=O)c2ccccc2F)cc1OC. The Morgan fingerprint density at radius 3 is 2.52 bits per heavy atom. The first kappa shape index (κ1) is 18.7. The Balaban J connectivity index is 2.14. The van der Waals surface area contributed by atoms with E-state index in [1.165, 1.54) is 37.4 Å². The second-order valence-corrected chi connectivity index (χ2v) is 6.44. The maximum atomic E-state index is 13.6. The predicted molar refractivity (Wildman–Crippen MR) is 88.4 cm³/mol. The lowest BCUT2D eigenvalue weighted by Gasteiger charge is -2.12. The Kier molecular flexibility index (Phi) is 5.94. The first-order chi connectivity index (χ1) is 11.9. The Bertz CT molecular complexity index is 871. The van der Waals surface area contributed by atoms with Crippen LogP contribution in [0.5, 0.6) is 11.5 Å². The Hall–Kier alpha value is -2.65. The van der Waals surface area contributed by atoms with Crippen molar-refractivity contribution in [2.45, 2.75) is 11.8 Å². The molecule has 25 heavy (non-hydrogen) atoms. The number of carbonyl (C=O) groups excluding carboxylic acids is 1. The quantitative estimate of drug-likeness (QED) is 0.728. The van der Waals surface area contributed by atoms with E-state index in [2.05, 4.69) is 0 Å². The number of carbonyl (C=O) groups is 1. The highest BCUT2D eigenvalue weighted by molar-refractivity contribution is 7.89. The molecule has 0 spiro atoms. The van der Waals surface area contributed by atoms with E-state index in [1.807, 2.05) is 10.3 Å². The van der Waals surface area contributed by atoms with E-state index in [-0.39, 0.29) is 5.56 Å². The van der Waals surface area contributed by atoms with Crippen molar-refractivity contribution in [1.29, 1.82) is 0 Å². The van der Waals surface area contributed by atoms with E-state index in [0.29, 0.717) is 18.1 Å². The van der Waals surface area contributed by atoms with Gasteiger partial charge in [-0.15, -0.1) is 4.83 Å². The molecule has 2 aromatic carbocycles. The summed E-state index contributed by atoms with van der Waals surface area (Å²) >= 11 is 0. The van der Waals surface area contributed by atoms with Gasteiger partial charge in [-0.1, -0.05) is 12.1 Å². The van der Waals surface area contributed by atoms with Crippen LogP contribution < -0.4 is 19.7 Å². The summed E-state index contributed by atoms with van der Waals surface area (Å²) in [5, 5.41) is 0. The molecule has 0 fully saturated rings. The molecule has 0 unspecified atom stereocenters. The molecule has 0 aliphatic heterocycles. The van der Waals surface area contributed by atoms with Gasteiger partial charge in [-0.05, 0) is 37.3 Å². The molecule has 9 heteroatoms. The molecule has 0 bridgehead atoms. The summed E-state index contributed by atoms with van der Waals surface area (Å²) in [5.41, 5.74) is 2.16. The van der Waals surface area contributed by atoms with Crippen molar-refractivity contribution in [1.82, 2.24) is 10.3 Å². The first-order valence-corrected chi connectivity index (χ1v) is 8.75. The molecule has 7 nitrogen and oxygen atoms in total. The highest BCUT2D eigenvalue weighted by Crippen LogP contribution is 2.27. The molecule has 0 aromatic heterocycles. The molecule has 134 valence electrons. The molecule has 0 aliphatic carbocycles. The van der Waals surface area contributed by atoms with Crippen molar-refractivity contribution in [3.05, 3.63) is 53.8 Å². The normalized spacial score (nSPS) is 11.0. The van der Waals surface area contributed by atoms with Gasteiger partial charge in [-0.2, -0.15) is 0 Å². The minimum absolute atomic E-state index is 0.136. The van der Waals surface area contributed by atoms with E-state index >= 15 is 0 Å². The third-order valence-electron chi connectivity index (χ3n) is 3.15. The summed E-state index contributed by atoms with van der Waals surface area (Å²) < 4.78 is 48.1. The highest BCUT2D eigenvalue weighted by atomic mass is 32.2. The van der Waals surface area contributed by atoms with Gasteiger partial charge in [0.1, 0.15) is 10.7 Å². The van der Waals surface area contributed by atoms with Gasteiger partial charge >= 0.3 is 0 Å². The average molecular weight is 368 g/mol. The van der Waals surface area contributed by atoms with Crippen LogP contribution in [-0.2, 0) is 10.0 Å². The van der Waals surface area contributed by atoms with Crippen molar-refractivity contribution in [2.75, 3.05) is 13.7 Å². The zero-order valence-corrected chi connectivity index (χ0v) is 14.4. The van der Waals surface area contributed by atoms with Gasteiger partial charge in [0.2, 0.25) is 0 Å². The molecule has 2 N–H and O–H groups in total. The standard InChI is InChI=1S/C16H17FN2O5S/c1-3-24-13-9-8-11(10-14(13)23-2)16(20)18-19-25(21,22)15-7-5-4-6-12(15)17/h4-10,19H,3H2,1-2H3,(H,18,20). The number of halogens is 1. The van der Waals surface area contributed by atoms with Crippen molar-refractivity contribution >= 4 is 15.9 Å². The molecular formula is C16H17FN2O5S. The van der Waals surface area contributed by atoms with Crippen LogP contribution in [0.2, 0.25) is 0 Å². The Labute approximate surface area is 144 Å². The number of hydrogen-bond acceptors (Lipinski definition) is 5. The lowest BCUT2D eigenvalue weighted by atomic mass is 10.2. The topological polar surface area (TPSA) is 93.7 Å². The number of hydrazine groups is 1. The van der Waals surface area contributed by atoms with E-state index in [0.717, 1.165) is 12.1 Å². The van der Waals surface area contributed by atoms with Gasteiger partial charge in [0.15, 0.2) is 11.5 Å². The molecule has 0 aliphatic rings. The van der Waals surface area contributed by atoms with Crippen LogP contribution in [0, 0.1) is 5.82 Å². The largest absolute Gasteiger partial charge is 0.493 e. The van der Waals surface area contributed by atoms with E-state index in [4.69, 9.17) is 9.47 Å².